The molecule has 0 heterocycles. The lowest BCUT2D eigenvalue weighted by molar-refractivity contribution is 0.137. The summed E-state index contributed by atoms with van der Waals surface area (Å²) in [5, 5.41) is 0. The normalized spacial score (nSPS) is 13.1. The fourth-order valence-corrected chi connectivity index (χ4v) is 2.69. The van der Waals surface area contributed by atoms with Gasteiger partial charge in [0, 0.05) is 5.54 Å². The highest BCUT2D eigenvalue weighted by molar-refractivity contribution is 7.48. The number of hydrogen-bond acceptors (Lipinski definition) is 5. The molecule has 0 aliphatic carbocycles. The quantitative estimate of drug-likeness (QED) is 0.455. The predicted molar refractivity (Wildman–Crippen MR) is 73.7 cm³/mol. The van der Waals surface area contributed by atoms with Crippen LogP contribution in [0, 0.1) is 0 Å². The van der Waals surface area contributed by atoms with Crippen molar-refractivity contribution in [1.29, 1.82) is 0 Å². The first-order valence-electron chi connectivity index (χ1n) is 6.15. The fourth-order valence-electron chi connectivity index (χ4n) is 1.30. The van der Waals surface area contributed by atoms with Crippen LogP contribution in [0.5, 0.6) is 0 Å². The summed E-state index contributed by atoms with van der Waals surface area (Å²) in [6.07, 6.45) is 0. The van der Waals surface area contributed by atoms with Gasteiger partial charge in [0.05, 0.1) is 19.8 Å². The van der Waals surface area contributed by atoms with Crippen LogP contribution in [0.4, 0.5) is 0 Å². The van der Waals surface area contributed by atoms with Gasteiger partial charge in [0.25, 0.3) is 0 Å². The largest absolute Gasteiger partial charge is 0.529 e. The molecule has 5 nitrogen and oxygen atoms in total. The highest BCUT2D eigenvalue weighted by Gasteiger charge is 2.28. The van der Waals surface area contributed by atoms with Crippen LogP contribution in [0.15, 0.2) is 11.3 Å². The summed E-state index contributed by atoms with van der Waals surface area (Å²) >= 11 is 5.69. The molecule has 18 heavy (non-hydrogen) atoms. The van der Waals surface area contributed by atoms with Crippen LogP contribution in [0.25, 0.3) is 0 Å². The van der Waals surface area contributed by atoms with E-state index in [0.717, 1.165) is 13.1 Å². The topological polar surface area (TPSA) is 48.0 Å². The minimum atomic E-state index is -3.55. The first-order chi connectivity index (χ1) is 8.55. The number of phosphoric ester groups is 1. The Morgan fingerprint density at radius 1 is 1.17 bits per heavy atom. The Hall–Kier alpha value is -0.0600. The van der Waals surface area contributed by atoms with Crippen molar-refractivity contribution >= 4 is 19.4 Å². The number of nitrogens with zero attached hydrogens (tertiary/aromatic N) is 1. The molecule has 0 aliphatic rings. The Kier molecular flexibility index (Phi) is 9.78. The monoisotopic (exact) mass is 299 g/mol. The zero-order valence-corrected chi connectivity index (χ0v) is 13.2. The van der Waals surface area contributed by atoms with E-state index in [1.165, 1.54) is 5.54 Å². The average molecular weight is 300 g/mol. The van der Waals surface area contributed by atoms with Gasteiger partial charge in [0.1, 0.15) is 5.76 Å². The SMILES string of the molecule is CCOP(=O)(OCC)O/C(=C/Cl)CN(CC)CC. The van der Waals surface area contributed by atoms with Crippen molar-refractivity contribution in [2.75, 3.05) is 32.8 Å². The van der Waals surface area contributed by atoms with Crippen LogP contribution < -0.4 is 0 Å². The third-order valence-electron chi connectivity index (χ3n) is 2.20. The molecular formula is C11H23ClNO4P. The number of likely N-dealkylation sites (N-methyl/N-ethyl adjacent to an activating group) is 1. The molecule has 0 aliphatic heterocycles. The summed E-state index contributed by atoms with van der Waals surface area (Å²) < 4.78 is 27.5. The maximum atomic E-state index is 12.2. The standard InChI is InChI=1S/C11H23ClNO4P/c1-5-13(6-2)10-11(9-12)17-18(14,15-7-3)16-8-4/h9H,5-8,10H2,1-4H3/b11-9+. The Morgan fingerprint density at radius 3 is 2.00 bits per heavy atom. The van der Waals surface area contributed by atoms with Gasteiger partial charge in [-0.25, -0.2) is 4.57 Å². The Balaban J connectivity index is 4.62. The molecule has 7 heteroatoms. The zero-order chi connectivity index (χ0) is 14.0. The second-order valence-corrected chi connectivity index (χ2v) is 5.22. The molecule has 0 unspecified atom stereocenters. The van der Waals surface area contributed by atoms with Crippen molar-refractivity contribution in [3.63, 3.8) is 0 Å². The minimum Gasteiger partial charge on any atom is -0.406 e. The summed E-state index contributed by atoms with van der Waals surface area (Å²) in [5.41, 5.74) is 1.27. The van der Waals surface area contributed by atoms with E-state index in [2.05, 4.69) is 4.90 Å². The first-order valence-corrected chi connectivity index (χ1v) is 8.05. The molecule has 0 bridgehead atoms. The molecule has 0 saturated heterocycles. The Labute approximate surface area is 115 Å². The molecule has 0 spiro atoms. The fraction of sp³-hybridized carbons (Fsp3) is 0.818. The third kappa shape index (κ3) is 6.76. The van der Waals surface area contributed by atoms with Crippen molar-refractivity contribution in [2.24, 2.45) is 0 Å². The number of halogens is 1. The summed E-state index contributed by atoms with van der Waals surface area (Å²) in [7, 11) is -3.55. The van der Waals surface area contributed by atoms with Gasteiger partial charge in [-0.1, -0.05) is 25.4 Å². The van der Waals surface area contributed by atoms with E-state index in [9.17, 15) is 4.57 Å². The van der Waals surface area contributed by atoms with E-state index < -0.39 is 7.82 Å². The molecule has 0 aromatic rings. The van der Waals surface area contributed by atoms with Crippen LogP contribution in [0.1, 0.15) is 27.7 Å². The van der Waals surface area contributed by atoms with Gasteiger partial charge in [0.15, 0.2) is 0 Å². The second-order valence-electron chi connectivity index (χ2n) is 3.41. The zero-order valence-electron chi connectivity index (χ0n) is 11.5. The maximum absolute atomic E-state index is 12.2. The van der Waals surface area contributed by atoms with Gasteiger partial charge in [-0.3, -0.25) is 13.9 Å². The number of phosphoric acid groups is 1. The van der Waals surface area contributed by atoms with Gasteiger partial charge in [0.2, 0.25) is 0 Å². The van der Waals surface area contributed by atoms with Crippen LogP contribution in [0.2, 0.25) is 0 Å². The summed E-state index contributed by atoms with van der Waals surface area (Å²) in [5.74, 6) is 0.380. The van der Waals surface area contributed by atoms with Crippen molar-refractivity contribution < 1.29 is 18.1 Å². The highest BCUT2D eigenvalue weighted by atomic mass is 35.5. The lowest BCUT2D eigenvalue weighted by Gasteiger charge is -2.23. The number of rotatable bonds is 10. The van der Waals surface area contributed by atoms with E-state index in [-0.39, 0.29) is 13.2 Å². The minimum absolute atomic E-state index is 0.248. The van der Waals surface area contributed by atoms with E-state index in [4.69, 9.17) is 25.2 Å². The van der Waals surface area contributed by atoms with Crippen molar-refractivity contribution in [1.82, 2.24) is 4.90 Å². The van der Waals surface area contributed by atoms with Gasteiger partial charge in [-0.15, -0.1) is 0 Å². The van der Waals surface area contributed by atoms with Crippen LogP contribution in [-0.2, 0) is 18.1 Å². The molecular weight excluding hydrogens is 277 g/mol. The highest BCUT2D eigenvalue weighted by Crippen LogP contribution is 2.51. The van der Waals surface area contributed by atoms with E-state index in [0.29, 0.717) is 12.3 Å². The van der Waals surface area contributed by atoms with Gasteiger partial charge in [-0.2, -0.15) is 0 Å². The van der Waals surface area contributed by atoms with Crippen molar-refractivity contribution in [3.05, 3.63) is 11.3 Å². The molecule has 0 fully saturated rings. The molecule has 0 saturated carbocycles. The molecule has 0 radical (unpaired) electrons. The molecule has 108 valence electrons. The van der Waals surface area contributed by atoms with Crippen LogP contribution in [0.3, 0.4) is 0 Å². The second kappa shape index (κ2) is 9.82. The van der Waals surface area contributed by atoms with Crippen molar-refractivity contribution in [2.45, 2.75) is 27.7 Å². The van der Waals surface area contributed by atoms with E-state index >= 15 is 0 Å². The van der Waals surface area contributed by atoms with Gasteiger partial charge >= 0.3 is 7.82 Å². The lowest BCUT2D eigenvalue weighted by Crippen LogP contribution is -2.25. The van der Waals surface area contributed by atoms with Crippen LogP contribution >= 0.6 is 19.4 Å². The first kappa shape index (κ1) is 17.9. The van der Waals surface area contributed by atoms with E-state index in [1.807, 2.05) is 13.8 Å². The maximum Gasteiger partial charge on any atom is 0.529 e. The predicted octanol–water partition coefficient (Wildman–Crippen LogP) is 3.61. The summed E-state index contributed by atoms with van der Waals surface area (Å²) in [4.78, 5) is 2.08. The Bertz CT molecular complexity index is 285. The summed E-state index contributed by atoms with van der Waals surface area (Å²) in [6, 6.07) is 0. The summed E-state index contributed by atoms with van der Waals surface area (Å²) in [6.45, 7) is 10.2. The average Bonchev–Trinajstić information content (AvgIpc) is 2.35. The molecule has 0 rings (SSSR count). The third-order valence-corrected chi connectivity index (χ3v) is 4.05. The molecule has 0 atom stereocenters. The van der Waals surface area contributed by atoms with Crippen LogP contribution in [-0.4, -0.2) is 37.7 Å². The molecule has 0 amide bonds. The molecule has 0 aromatic carbocycles. The molecule has 0 aromatic heterocycles. The smallest absolute Gasteiger partial charge is 0.406 e. The van der Waals surface area contributed by atoms with Crippen molar-refractivity contribution in [3.8, 4) is 0 Å². The lowest BCUT2D eigenvalue weighted by atomic mass is 10.4. The van der Waals surface area contributed by atoms with Gasteiger partial charge in [-0.05, 0) is 26.9 Å². The van der Waals surface area contributed by atoms with Gasteiger partial charge < -0.3 is 4.52 Å². The number of hydrogen-bond donors (Lipinski definition) is 0. The van der Waals surface area contributed by atoms with E-state index in [1.54, 1.807) is 13.8 Å². The molecule has 0 N–H and O–H groups in total. The Morgan fingerprint density at radius 2 is 1.67 bits per heavy atom.